The number of benzene rings is 2. The highest BCUT2D eigenvalue weighted by molar-refractivity contribution is 7.99. The molecular formula is C24H26N6O6S. The van der Waals surface area contributed by atoms with E-state index < -0.39 is 29.4 Å². The molecule has 2 amide bonds. The van der Waals surface area contributed by atoms with Crippen LogP contribution in [0, 0.1) is 17.0 Å². The molecular weight excluding hydrogens is 500 g/mol. The summed E-state index contributed by atoms with van der Waals surface area (Å²) < 4.78 is 6.73. The molecule has 1 aromatic heterocycles. The first-order chi connectivity index (χ1) is 17.8. The fourth-order valence-electron chi connectivity index (χ4n) is 3.35. The Morgan fingerprint density at radius 2 is 2.00 bits per heavy atom. The number of nitro benzene ring substituents is 1. The Kier molecular flexibility index (Phi) is 9.35. The third-order valence-electron chi connectivity index (χ3n) is 5.23. The number of methoxy groups -OCH3 is 1. The molecule has 3 N–H and O–H groups in total. The van der Waals surface area contributed by atoms with Crippen LogP contribution in [-0.4, -0.2) is 56.1 Å². The molecule has 0 aliphatic heterocycles. The molecule has 0 radical (unpaired) electrons. The number of aryl methyl sites for hydroxylation is 1. The number of aromatic nitrogens is 3. The van der Waals surface area contributed by atoms with Gasteiger partial charge < -0.3 is 25.0 Å². The van der Waals surface area contributed by atoms with Gasteiger partial charge in [0.2, 0.25) is 5.91 Å². The fourth-order valence-corrected chi connectivity index (χ4v) is 4.11. The number of ether oxygens (including phenoxy) is 1. The van der Waals surface area contributed by atoms with Gasteiger partial charge in [-0.15, -0.1) is 16.8 Å². The summed E-state index contributed by atoms with van der Waals surface area (Å²) in [5, 5.41) is 35.1. The van der Waals surface area contributed by atoms with Crippen molar-refractivity contribution in [1.29, 1.82) is 0 Å². The SMILES string of the molecule is C=CCn1c(SCC(=O)Nc2ccc(C)c([N+](=O)[O-])c2)nnc1C(CO)NC(=O)c1ccc(OC)cc1. The van der Waals surface area contributed by atoms with Gasteiger partial charge in [0.15, 0.2) is 11.0 Å². The van der Waals surface area contributed by atoms with Gasteiger partial charge in [-0.1, -0.05) is 23.9 Å². The lowest BCUT2D eigenvalue weighted by atomic mass is 10.2. The van der Waals surface area contributed by atoms with E-state index in [1.807, 2.05) is 0 Å². The third kappa shape index (κ3) is 6.92. The molecule has 0 bridgehead atoms. The molecule has 1 unspecified atom stereocenters. The first kappa shape index (κ1) is 27.4. The number of aliphatic hydroxyl groups is 1. The van der Waals surface area contributed by atoms with Crippen LogP contribution in [0.2, 0.25) is 0 Å². The third-order valence-corrected chi connectivity index (χ3v) is 6.20. The Hall–Kier alpha value is -4.23. The number of nitrogens with zero attached hydrogens (tertiary/aromatic N) is 4. The van der Waals surface area contributed by atoms with E-state index in [-0.39, 0.29) is 18.0 Å². The van der Waals surface area contributed by atoms with Gasteiger partial charge in [0.1, 0.15) is 11.8 Å². The Morgan fingerprint density at radius 3 is 2.62 bits per heavy atom. The highest BCUT2D eigenvalue weighted by Gasteiger charge is 2.23. The van der Waals surface area contributed by atoms with Gasteiger partial charge in [-0.05, 0) is 37.3 Å². The number of amides is 2. The molecule has 0 fully saturated rings. The monoisotopic (exact) mass is 526 g/mol. The van der Waals surface area contributed by atoms with E-state index in [4.69, 9.17) is 4.74 Å². The number of anilines is 1. The van der Waals surface area contributed by atoms with Crippen LogP contribution in [-0.2, 0) is 11.3 Å². The highest BCUT2D eigenvalue weighted by Crippen LogP contribution is 2.24. The molecule has 0 saturated heterocycles. The number of carbonyl (C=O) groups excluding carboxylic acids is 2. The van der Waals surface area contributed by atoms with Crippen LogP contribution in [0.15, 0.2) is 60.3 Å². The molecule has 2 aromatic carbocycles. The number of hydrogen-bond acceptors (Lipinski definition) is 9. The number of rotatable bonds is 12. The predicted molar refractivity (Wildman–Crippen MR) is 138 cm³/mol. The molecule has 0 spiro atoms. The molecule has 1 atom stereocenters. The maximum Gasteiger partial charge on any atom is 0.274 e. The zero-order chi connectivity index (χ0) is 26.9. The lowest BCUT2D eigenvalue weighted by Crippen LogP contribution is -2.33. The Balaban J connectivity index is 1.70. The Bertz CT molecular complexity index is 1290. The minimum Gasteiger partial charge on any atom is -0.497 e. The van der Waals surface area contributed by atoms with E-state index in [1.54, 1.807) is 54.0 Å². The van der Waals surface area contributed by atoms with Crippen molar-refractivity contribution in [3.05, 3.63) is 82.2 Å². The average molecular weight is 527 g/mol. The predicted octanol–water partition coefficient (Wildman–Crippen LogP) is 2.88. The maximum absolute atomic E-state index is 12.7. The van der Waals surface area contributed by atoms with Crippen molar-refractivity contribution in [2.24, 2.45) is 0 Å². The molecule has 3 rings (SSSR count). The lowest BCUT2D eigenvalue weighted by molar-refractivity contribution is -0.385. The Labute approximate surface area is 216 Å². The summed E-state index contributed by atoms with van der Waals surface area (Å²) >= 11 is 1.08. The van der Waals surface area contributed by atoms with Crippen molar-refractivity contribution < 1.29 is 24.4 Å². The number of thioether (sulfide) groups is 1. The summed E-state index contributed by atoms with van der Waals surface area (Å²) in [6.45, 7) is 5.17. The number of nitrogens with one attached hydrogen (secondary N) is 2. The zero-order valence-corrected chi connectivity index (χ0v) is 21.0. The summed E-state index contributed by atoms with van der Waals surface area (Å²) in [6, 6.07) is 10.1. The van der Waals surface area contributed by atoms with Gasteiger partial charge in [-0.2, -0.15) is 0 Å². The van der Waals surface area contributed by atoms with E-state index in [0.717, 1.165) is 11.8 Å². The second kappa shape index (κ2) is 12.6. The van der Waals surface area contributed by atoms with Crippen LogP contribution >= 0.6 is 11.8 Å². The number of carbonyl (C=O) groups is 2. The van der Waals surface area contributed by atoms with E-state index in [1.165, 1.54) is 13.2 Å². The Morgan fingerprint density at radius 1 is 1.27 bits per heavy atom. The van der Waals surface area contributed by atoms with E-state index >= 15 is 0 Å². The zero-order valence-electron chi connectivity index (χ0n) is 20.2. The first-order valence-electron chi connectivity index (χ1n) is 11.0. The minimum absolute atomic E-state index is 0.0566. The molecule has 0 aliphatic carbocycles. The minimum atomic E-state index is -0.863. The summed E-state index contributed by atoms with van der Waals surface area (Å²) in [4.78, 5) is 35.8. The van der Waals surface area contributed by atoms with E-state index in [2.05, 4.69) is 27.4 Å². The van der Waals surface area contributed by atoms with Crippen LogP contribution in [0.3, 0.4) is 0 Å². The largest absolute Gasteiger partial charge is 0.497 e. The second-order valence-corrected chi connectivity index (χ2v) is 8.71. The van der Waals surface area contributed by atoms with Gasteiger partial charge in [0.25, 0.3) is 11.6 Å². The van der Waals surface area contributed by atoms with Crippen LogP contribution in [0.4, 0.5) is 11.4 Å². The average Bonchev–Trinajstić information content (AvgIpc) is 3.29. The summed E-state index contributed by atoms with van der Waals surface area (Å²) in [5.41, 5.74) is 1.07. The molecule has 13 heteroatoms. The van der Waals surface area contributed by atoms with Crippen LogP contribution in [0.1, 0.15) is 27.8 Å². The van der Waals surface area contributed by atoms with Crippen molar-refractivity contribution >= 4 is 35.0 Å². The lowest BCUT2D eigenvalue weighted by Gasteiger charge is -2.17. The van der Waals surface area contributed by atoms with Gasteiger partial charge in [-0.3, -0.25) is 19.7 Å². The summed E-state index contributed by atoms with van der Waals surface area (Å²) in [5.74, 6) is 0.0208. The quantitative estimate of drug-likeness (QED) is 0.139. The molecule has 1 heterocycles. The molecule has 0 saturated carbocycles. The molecule has 3 aromatic rings. The number of hydrogen-bond donors (Lipinski definition) is 3. The maximum atomic E-state index is 12.7. The van der Waals surface area contributed by atoms with Crippen LogP contribution in [0.5, 0.6) is 5.75 Å². The van der Waals surface area contributed by atoms with Gasteiger partial charge in [-0.25, -0.2) is 0 Å². The van der Waals surface area contributed by atoms with E-state index in [0.29, 0.717) is 33.5 Å². The molecule has 37 heavy (non-hydrogen) atoms. The number of nitro groups is 1. The van der Waals surface area contributed by atoms with Crippen LogP contribution < -0.4 is 15.4 Å². The van der Waals surface area contributed by atoms with Crippen LogP contribution in [0.25, 0.3) is 0 Å². The fraction of sp³-hybridized carbons (Fsp3) is 0.250. The van der Waals surface area contributed by atoms with Crippen molar-refractivity contribution in [3.8, 4) is 5.75 Å². The number of allylic oxidation sites excluding steroid dienone is 1. The van der Waals surface area contributed by atoms with Gasteiger partial charge >= 0.3 is 0 Å². The van der Waals surface area contributed by atoms with Crippen molar-refractivity contribution in [2.45, 2.75) is 24.7 Å². The first-order valence-corrected chi connectivity index (χ1v) is 12.0. The van der Waals surface area contributed by atoms with Crippen molar-refractivity contribution in [3.63, 3.8) is 0 Å². The topological polar surface area (TPSA) is 162 Å². The highest BCUT2D eigenvalue weighted by atomic mass is 32.2. The standard InChI is InChI=1S/C24H26N6O6S/c1-4-11-29-22(19(13-31)26-23(33)16-6-9-18(36-3)10-7-16)27-28-24(29)37-14-21(32)25-17-8-5-15(2)20(12-17)30(34)35/h4-10,12,19,31H,1,11,13-14H2,2-3H3,(H,25,32)(H,26,33). The van der Waals surface area contributed by atoms with E-state index in [9.17, 15) is 24.8 Å². The summed E-state index contributed by atoms with van der Waals surface area (Å²) in [7, 11) is 1.52. The van der Waals surface area contributed by atoms with Crippen molar-refractivity contribution in [1.82, 2.24) is 20.1 Å². The number of aliphatic hydroxyl groups excluding tert-OH is 1. The molecule has 194 valence electrons. The normalized spacial score (nSPS) is 11.4. The van der Waals surface area contributed by atoms with Crippen molar-refractivity contribution in [2.75, 3.05) is 24.8 Å². The smallest absolute Gasteiger partial charge is 0.274 e. The molecule has 12 nitrogen and oxygen atoms in total. The van der Waals surface area contributed by atoms with Gasteiger partial charge in [0, 0.05) is 29.4 Å². The molecule has 0 aliphatic rings. The second-order valence-electron chi connectivity index (χ2n) is 7.77. The summed E-state index contributed by atoms with van der Waals surface area (Å²) in [6.07, 6.45) is 1.60. The van der Waals surface area contributed by atoms with Gasteiger partial charge in [0.05, 0.1) is 24.4 Å².